The first-order valence-electron chi connectivity index (χ1n) is 9.33. The van der Waals surface area contributed by atoms with E-state index in [0.29, 0.717) is 26.3 Å². The summed E-state index contributed by atoms with van der Waals surface area (Å²) in [5.74, 6) is -0.324. The Morgan fingerprint density at radius 1 is 1.23 bits per heavy atom. The number of nitrogens with one attached hydrogen (secondary N) is 2. The molecular weight excluding hydrogens is 338 g/mol. The van der Waals surface area contributed by atoms with Gasteiger partial charge in [0, 0.05) is 44.9 Å². The molecule has 8 heteroatoms. The van der Waals surface area contributed by atoms with E-state index >= 15 is 0 Å². The lowest BCUT2D eigenvalue weighted by atomic mass is 9.87. The van der Waals surface area contributed by atoms with Crippen molar-refractivity contribution in [1.29, 1.82) is 0 Å². The minimum absolute atomic E-state index is 0.00735. The maximum absolute atomic E-state index is 11.9. The highest BCUT2D eigenvalue weighted by atomic mass is 16.5. The molecule has 1 atom stereocenters. The van der Waals surface area contributed by atoms with Gasteiger partial charge >= 0.3 is 0 Å². The van der Waals surface area contributed by atoms with Crippen LogP contribution in [0.25, 0.3) is 0 Å². The van der Waals surface area contributed by atoms with Crippen LogP contribution in [0.1, 0.15) is 38.5 Å². The molecule has 1 saturated carbocycles. The normalized spacial score (nSPS) is 25.8. The molecule has 0 aromatic rings. The van der Waals surface area contributed by atoms with E-state index in [1.807, 2.05) is 0 Å². The molecule has 26 heavy (non-hydrogen) atoms. The molecule has 0 radical (unpaired) electrons. The number of hydrogen-bond acceptors (Lipinski definition) is 5. The van der Waals surface area contributed by atoms with Crippen LogP contribution in [-0.2, 0) is 23.9 Å². The Balaban J connectivity index is 1.47. The molecule has 146 valence electrons. The highest BCUT2D eigenvalue weighted by Gasteiger charge is 2.31. The molecule has 0 bridgehead atoms. The standard InChI is InChI=1S/C18H29N3O5/c1-21-11-14(10-17(21)24)18(25)19-7-9-26-8-6-16(23)20-15-4-2-13(12-22)3-5-15/h12-15H,2-11H2,1H3,(H,19,25)(H,20,23). The van der Waals surface area contributed by atoms with Gasteiger partial charge in [0.05, 0.1) is 19.1 Å². The molecular formula is C18H29N3O5. The Morgan fingerprint density at radius 2 is 1.96 bits per heavy atom. The van der Waals surface area contributed by atoms with E-state index in [1.54, 1.807) is 11.9 Å². The third kappa shape index (κ3) is 6.40. The van der Waals surface area contributed by atoms with Crippen molar-refractivity contribution in [2.45, 2.75) is 44.6 Å². The second-order valence-electron chi connectivity index (χ2n) is 7.14. The summed E-state index contributed by atoms with van der Waals surface area (Å²) in [6.45, 7) is 1.46. The first-order valence-corrected chi connectivity index (χ1v) is 9.33. The number of carbonyl (C=O) groups excluding carboxylic acids is 4. The van der Waals surface area contributed by atoms with Gasteiger partial charge in [0.1, 0.15) is 6.29 Å². The topological polar surface area (TPSA) is 105 Å². The van der Waals surface area contributed by atoms with Crippen molar-refractivity contribution in [2.24, 2.45) is 11.8 Å². The van der Waals surface area contributed by atoms with Gasteiger partial charge in [-0.3, -0.25) is 14.4 Å². The molecule has 1 saturated heterocycles. The number of hydrogen-bond donors (Lipinski definition) is 2. The molecule has 3 amide bonds. The second kappa shape index (κ2) is 10.3. The number of ether oxygens (including phenoxy) is 1. The van der Waals surface area contributed by atoms with Crippen LogP contribution in [-0.4, -0.2) is 68.3 Å². The third-order valence-electron chi connectivity index (χ3n) is 5.06. The van der Waals surface area contributed by atoms with E-state index in [9.17, 15) is 19.2 Å². The first kappa shape index (κ1) is 20.4. The van der Waals surface area contributed by atoms with Gasteiger partial charge in [-0.05, 0) is 25.7 Å². The van der Waals surface area contributed by atoms with Crippen LogP contribution in [0.15, 0.2) is 0 Å². The lowest BCUT2D eigenvalue weighted by Crippen LogP contribution is -2.38. The Hall–Kier alpha value is -1.96. The molecule has 1 heterocycles. The van der Waals surface area contributed by atoms with Crippen LogP contribution in [0, 0.1) is 11.8 Å². The van der Waals surface area contributed by atoms with Gasteiger partial charge < -0.3 is 25.1 Å². The third-order valence-corrected chi connectivity index (χ3v) is 5.06. The molecule has 1 aliphatic carbocycles. The SMILES string of the molecule is CN1CC(C(=O)NCCOCCC(=O)NC2CCC(C=O)CC2)CC1=O. The summed E-state index contributed by atoms with van der Waals surface area (Å²) in [7, 11) is 1.69. The molecule has 0 aromatic carbocycles. The summed E-state index contributed by atoms with van der Waals surface area (Å²) in [6, 6.07) is 0.158. The maximum Gasteiger partial charge on any atom is 0.225 e. The predicted molar refractivity (Wildman–Crippen MR) is 94.1 cm³/mol. The highest BCUT2D eigenvalue weighted by Crippen LogP contribution is 2.22. The van der Waals surface area contributed by atoms with E-state index in [1.165, 1.54) is 0 Å². The summed E-state index contributed by atoms with van der Waals surface area (Å²) in [6.07, 6.45) is 4.93. The van der Waals surface area contributed by atoms with E-state index in [0.717, 1.165) is 32.0 Å². The zero-order chi connectivity index (χ0) is 18.9. The van der Waals surface area contributed by atoms with Gasteiger partial charge in [-0.25, -0.2) is 0 Å². The van der Waals surface area contributed by atoms with Crippen molar-refractivity contribution in [2.75, 3.05) is 33.4 Å². The first-order chi connectivity index (χ1) is 12.5. The Kier molecular flexibility index (Phi) is 8.03. The van der Waals surface area contributed by atoms with Crippen molar-refractivity contribution in [1.82, 2.24) is 15.5 Å². The van der Waals surface area contributed by atoms with E-state index < -0.39 is 0 Å². The van der Waals surface area contributed by atoms with E-state index in [4.69, 9.17) is 4.74 Å². The van der Waals surface area contributed by atoms with E-state index in [2.05, 4.69) is 10.6 Å². The van der Waals surface area contributed by atoms with Gasteiger partial charge in [0.25, 0.3) is 0 Å². The van der Waals surface area contributed by atoms with Gasteiger partial charge in [0.15, 0.2) is 0 Å². The number of rotatable bonds is 9. The predicted octanol–water partition coefficient (Wildman–Crippen LogP) is -0.138. The fraction of sp³-hybridized carbons (Fsp3) is 0.778. The number of aldehydes is 1. The number of nitrogens with zero attached hydrogens (tertiary/aromatic N) is 1. The average molecular weight is 367 g/mol. The van der Waals surface area contributed by atoms with Crippen LogP contribution in [0.5, 0.6) is 0 Å². The lowest BCUT2D eigenvalue weighted by molar-refractivity contribution is -0.128. The molecule has 0 aromatic heterocycles. The zero-order valence-electron chi connectivity index (χ0n) is 15.4. The highest BCUT2D eigenvalue weighted by molar-refractivity contribution is 5.89. The fourth-order valence-corrected chi connectivity index (χ4v) is 3.40. The Labute approximate surface area is 154 Å². The smallest absolute Gasteiger partial charge is 0.225 e. The molecule has 2 N–H and O–H groups in total. The van der Waals surface area contributed by atoms with Crippen LogP contribution in [0.4, 0.5) is 0 Å². The molecule has 2 rings (SSSR count). The molecule has 0 spiro atoms. The quantitative estimate of drug-likeness (QED) is 0.436. The Bertz CT molecular complexity index is 517. The molecule has 8 nitrogen and oxygen atoms in total. The van der Waals surface area contributed by atoms with Crippen LogP contribution >= 0.6 is 0 Å². The van der Waals surface area contributed by atoms with Crippen molar-refractivity contribution in [3.63, 3.8) is 0 Å². The minimum atomic E-state index is -0.285. The van der Waals surface area contributed by atoms with Gasteiger partial charge in [-0.2, -0.15) is 0 Å². The van der Waals surface area contributed by atoms with Crippen LogP contribution in [0.2, 0.25) is 0 Å². The molecule has 2 fully saturated rings. The van der Waals surface area contributed by atoms with Gasteiger partial charge in [0.2, 0.25) is 17.7 Å². The molecule has 2 aliphatic rings. The summed E-state index contributed by atoms with van der Waals surface area (Å²) in [5, 5.41) is 5.73. The average Bonchev–Trinajstić information content (AvgIpc) is 2.97. The Morgan fingerprint density at radius 3 is 2.58 bits per heavy atom. The lowest BCUT2D eigenvalue weighted by Gasteiger charge is -2.26. The van der Waals surface area contributed by atoms with Crippen molar-refractivity contribution in [3.05, 3.63) is 0 Å². The number of likely N-dealkylation sites (tertiary alicyclic amines) is 1. The number of carbonyl (C=O) groups is 4. The van der Waals surface area contributed by atoms with E-state index in [-0.39, 0.29) is 48.4 Å². The monoisotopic (exact) mass is 367 g/mol. The summed E-state index contributed by atoms with van der Waals surface area (Å²) in [4.78, 5) is 47.5. The van der Waals surface area contributed by atoms with Crippen molar-refractivity contribution in [3.8, 4) is 0 Å². The minimum Gasteiger partial charge on any atom is -0.379 e. The zero-order valence-corrected chi connectivity index (χ0v) is 15.4. The number of amides is 3. The van der Waals surface area contributed by atoms with Gasteiger partial charge in [-0.1, -0.05) is 0 Å². The molecule has 1 aliphatic heterocycles. The van der Waals surface area contributed by atoms with Crippen LogP contribution < -0.4 is 10.6 Å². The summed E-state index contributed by atoms with van der Waals surface area (Å²) in [5.41, 5.74) is 0. The van der Waals surface area contributed by atoms with Crippen molar-refractivity contribution >= 4 is 24.0 Å². The largest absolute Gasteiger partial charge is 0.379 e. The second-order valence-corrected chi connectivity index (χ2v) is 7.14. The fourth-order valence-electron chi connectivity index (χ4n) is 3.40. The van der Waals surface area contributed by atoms with Crippen molar-refractivity contribution < 1.29 is 23.9 Å². The maximum atomic E-state index is 11.9. The van der Waals surface area contributed by atoms with Gasteiger partial charge in [-0.15, -0.1) is 0 Å². The molecule has 1 unspecified atom stereocenters. The summed E-state index contributed by atoms with van der Waals surface area (Å²) >= 11 is 0. The van der Waals surface area contributed by atoms with Crippen LogP contribution in [0.3, 0.4) is 0 Å². The summed E-state index contributed by atoms with van der Waals surface area (Å²) < 4.78 is 5.38.